The van der Waals surface area contributed by atoms with Gasteiger partial charge in [-0.1, -0.05) is 17.8 Å². The number of thiophene rings is 1. The maximum absolute atomic E-state index is 12.5. The summed E-state index contributed by atoms with van der Waals surface area (Å²) in [4.78, 5) is 13.8. The molecule has 3 rings (SSSR count). The first-order valence-corrected chi connectivity index (χ1v) is 9.00. The van der Waals surface area contributed by atoms with Gasteiger partial charge in [0.05, 0.1) is 12.3 Å². The van der Waals surface area contributed by atoms with Crippen LogP contribution in [0.2, 0.25) is 0 Å². The molecule has 0 spiro atoms. The molecular formula is C15H17N5OS2. The Morgan fingerprint density at radius 3 is 2.87 bits per heavy atom. The summed E-state index contributed by atoms with van der Waals surface area (Å²) in [5.74, 6) is 0.431. The van der Waals surface area contributed by atoms with Gasteiger partial charge in [0.25, 0.3) is 0 Å². The maximum Gasteiger partial charge on any atom is 0.209 e. The molecule has 0 bridgehead atoms. The van der Waals surface area contributed by atoms with Gasteiger partial charge in [-0.15, -0.1) is 16.4 Å². The van der Waals surface area contributed by atoms with E-state index in [1.165, 1.54) is 16.6 Å². The highest BCUT2D eigenvalue weighted by Gasteiger charge is 2.17. The lowest BCUT2D eigenvalue weighted by atomic mass is 10.2. The van der Waals surface area contributed by atoms with Crippen LogP contribution in [0.4, 0.5) is 0 Å². The zero-order chi connectivity index (χ0) is 16.4. The Hall–Kier alpha value is -1.93. The molecule has 3 aromatic rings. The number of tetrazole rings is 1. The van der Waals surface area contributed by atoms with Crippen LogP contribution in [0.3, 0.4) is 0 Å². The van der Waals surface area contributed by atoms with Crippen LogP contribution in [0, 0.1) is 13.8 Å². The second kappa shape index (κ2) is 6.67. The fourth-order valence-electron chi connectivity index (χ4n) is 2.44. The topological polar surface area (TPSA) is 65.6 Å². The number of hydrogen-bond donors (Lipinski definition) is 0. The van der Waals surface area contributed by atoms with Crippen molar-refractivity contribution in [3.05, 3.63) is 45.4 Å². The standard InChI is InChI=1S/C15H17N5OS2/c1-10-7-13(11(2)20(10)8-12-5-4-6-22-12)14(21)9-23-15-16-17-18-19(15)3/h4-7H,8-9H2,1-3H3. The molecule has 8 heteroatoms. The molecule has 0 N–H and O–H groups in total. The van der Waals surface area contributed by atoms with Gasteiger partial charge < -0.3 is 4.57 Å². The highest BCUT2D eigenvalue weighted by molar-refractivity contribution is 7.99. The van der Waals surface area contributed by atoms with Crippen LogP contribution in [0.25, 0.3) is 0 Å². The fourth-order valence-corrected chi connectivity index (χ4v) is 3.86. The van der Waals surface area contributed by atoms with E-state index in [1.807, 2.05) is 26.0 Å². The summed E-state index contributed by atoms with van der Waals surface area (Å²) in [6.45, 7) is 4.85. The Morgan fingerprint density at radius 2 is 2.22 bits per heavy atom. The number of aryl methyl sites for hydroxylation is 2. The third kappa shape index (κ3) is 3.37. The summed E-state index contributed by atoms with van der Waals surface area (Å²) in [6, 6.07) is 6.13. The molecule has 120 valence electrons. The van der Waals surface area contributed by atoms with Gasteiger partial charge in [0.2, 0.25) is 5.16 Å². The first kappa shape index (κ1) is 15.9. The number of Topliss-reactive ketones (excluding diaryl/α,β-unsaturated/α-hetero) is 1. The van der Waals surface area contributed by atoms with E-state index < -0.39 is 0 Å². The molecule has 0 aromatic carbocycles. The van der Waals surface area contributed by atoms with Crippen molar-refractivity contribution in [3.8, 4) is 0 Å². The van der Waals surface area contributed by atoms with Gasteiger partial charge >= 0.3 is 0 Å². The molecule has 23 heavy (non-hydrogen) atoms. The molecule has 0 radical (unpaired) electrons. The highest BCUT2D eigenvalue weighted by atomic mass is 32.2. The Labute approximate surface area is 142 Å². The van der Waals surface area contributed by atoms with Gasteiger partial charge in [-0.25, -0.2) is 4.68 Å². The Morgan fingerprint density at radius 1 is 1.39 bits per heavy atom. The molecule has 0 saturated carbocycles. The molecule has 0 fully saturated rings. The molecular weight excluding hydrogens is 330 g/mol. The number of thioether (sulfide) groups is 1. The predicted octanol–water partition coefficient (Wildman–Crippen LogP) is 2.71. The zero-order valence-corrected chi connectivity index (χ0v) is 14.8. The quantitative estimate of drug-likeness (QED) is 0.507. The minimum absolute atomic E-state index is 0.100. The van der Waals surface area contributed by atoms with Crippen LogP contribution >= 0.6 is 23.1 Å². The minimum Gasteiger partial charge on any atom is -0.343 e. The second-order valence-corrected chi connectivity index (χ2v) is 7.22. The van der Waals surface area contributed by atoms with E-state index in [0.717, 1.165) is 23.5 Å². The SMILES string of the molecule is Cc1cc(C(=O)CSc2nnnn2C)c(C)n1Cc1cccs1. The van der Waals surface area contributed by atoms with Gasteiger partial charge in [-0.3, -0.25) is 4.79 Å². The summed E-state index contributed by atoms with van der Waals surface area (Å²) >= 11 is 3.08. The fraction of sp³-hybridized carbons (Fsp3) is 0.333. The van der Waals surface area contributed by atoms with E-state index in [9.17, 15) is 4.79 Å². The van der Waals surface area contributed by atoms with Gasteiger partial charge in [0.15, 0.2) is 5.78 Å². The number of rotatable bonds is 6. The summed E-state index contributed by atoms with van der Waals surface area (Å²) in [5.41, 5.74) is 2.89. The molecule has 0 unspecified atom stereocenters. The lowest BCUT2D eigenvalue weighted by Crippen LogP contribution is -2.07. The number of nitrogens with zero attached hydrogens (tertiary/aromatic N) is 5. The molecule has 3 aromatic heterocycles. The molecule has 6 nitrogen and oxygen atoms in total. The first-order chi connectivity index (χ1) is 11.1. The van der Waals surface area contributed by atoms with E-state index >= 15 is 0 Å². The van der Waals surface area contributed by atoms with E-state index in [0.29, 0.717) is 10.9 Å². The van der Waals surface area contributed by atoms with E-state index in [2.05, 4.69) is 31.5 Å². The summed E-state index contributed by atoms with van der Waals surface area (Å²) in [6.07, 6.45) is 0. The summed E-state index contributed by atoms with van der Waals surface area (Å²) in [5, 5.41) is 13.9. The smallest absolute Gasteiger partial charge is 0.209 e. The Bertz CT molecular complexity index is 819. The van der Waals surface area contributed by atoms with Crippen molar-refractivity contribution < 1.29 is 4.79 Å². The Balaban J connectivity index is 1.75. The predicted molar refractivity (Wildman–Crippen MR) is 91.2 cm³/mol. The van der Waals surface area contributed by atoms with E-state index in [1.54, 1.807) is 23.1 Å². The van der Waals surface area contributed by atoms with E-state index in [-0.39, 0.29) is 5.78 Å². The summed E-state index contributed by atoms with van der Waals surface area (Å²) in [7, 11) is 1.76. The van der Waals surface area contributed by atoms with Crippen molar-refractivity contribution in [1.82, 2.24) is 24.8 Å². The molecule has 0 aliphatic rings. The van der Waals surface area contributed by atoms with Gasteiger partial charge in [0, 0.05) is 28.9 Å². The third-order valence-electron chi connectivity index (χ3n) is 3.68. The molecule has 3 heterocycles. The van der Waals surface area contributed by atoms with Crippen molar-refractivity contribution in [3.63, 3.8) is 0 Å². The molecule has 0 atom stereocenters. The van der Waals surface area contributed by atoms with Crippen molar-refractivity contribution in [2.24, 2.45) is 7.05 Å². The number of ketones is 1. The van der Waals surface area contributed by atoms with Crippen LogP contribution < -0.4 is 0 Å². The normalized spacial score (nSPS) is 11.1. The highest BCUT2D eigenvalue weighted by Crippen LogP contribution is 2.22. The molecule has 0 aliphatic heterocycles. The van der Waals surface area contributed by atoms with Crippen molar-refractivity contribution in [2.75, 3.05) is 5.75 Å². The molecule has 0 amide bonds. The third-order valence-corrected chi connectivity index (χ3v) is 5.55. The average molecular weight is 347 g/mol. The van der Waals surface area contributed by atoms with Crippen LogP contribution in [0.5, 0.6) is 0 Å². The number of carbonyl (C=O) groups excluding carboxylic acids is 1. The molecule has 0 saturated heterocycles. The lowest BCUT2D eigenvalue weighted by Gasteiger charge is -2.08. The average Bonchev–Trinajstić information content (AvgIpc) is 3.23. The van der Waals surface area contributed by atoms with Crippen molar-refractivity contribution in [2.45, 2.75) is 25.5 Å². The number of aromatic nitrogens is 5. The zero-order valence-electron chi connectivity index (χ0n) is 13.2. The lowest BCUT2D eigenvalue weighted by molar-refractivity contribution is 0.102. The molecule has 0 aliphatic carbocycles. The number of hydrogen-bond acceptors (Lipinski definition) is 6. The van der Waals surface area contributed by atoms with Gasteiger partial charge in [-0.2, -0.15) is 0 Å². The van der Waals surface area contributed by atoms with Crippen LogP contribution in [0.15, 0.2) is 28.7 Å². The Kier molecular flexibility index (Phi) is 4.63. The van der Waals surface area contributed by atoms with Crippen molar-refractivity contribution in [1.29, 1.82) is 0 Å². The monoisotopic (exact) mass is 347 g/mol. The number of carbonyl (C=O) groups is 1. The first-order valence-electron chi connectivity index (χ1n) is 7.13. The van der Waals surface area contributed by atoms with Crippen LogP contribution in [-0.2, 0) is 13.6 Å². The van der Waals surface area contributed by atoms with Crippen LogP contribution in [0.1, 0.15) is 26.6 Å². The maximum atomic E-state index is 12.5. The minimum atomic E-state index is 0.100. The van der Waals surface area contributed by atoms with Crippen LogP contribution in [-0.4, -0.2) is 36.3 Å². The van der Waals surface area contributed by atoms with Gasteiger partial charge in [0.1, 0.15) is 0 Å². The van der Waals surface area contributed by atoms with Crippen molar-refractivity contribution >= 4 is 28.9 Å². The van der Waals surface area contributed by atoms with E-state index in [4.69, 9.17) is 0 Å². The largest absolute Gasteiger partial charge is 0.343 e. The van der Waals surface area contributed by atoms with Gasteiger partial charge in [-0.05, 0) is 41.8 Å². The second-order valence-electron chi connectivity index (χ2n) is 5.25. The summed E-state index contributed by atoms with van der Waals surface area (Å²) < 4.78 is 3.76.